The van der Waals surface area contributed by atoms with E-state index in [0.717, 1.165) is 12.5 Å². The Kier molecular flexibility index (Phi) is 1.75. The maximum Gasteiger partial charge on any atom is 0.121 e. The number of ether oxygens (including phenoxy) is 2. The van der Waals surface area contributed by atoms with Gasteiger partial charge >= 0.3 is 0 Å². The van der Waals surface area contributed by atoms with E-state index in [4.69, 9.17) is 9.47 Å². The molecule has 2 aliphatic carbocycles. The second kappa shape index (κ2) is 2.75. The van der Waals surface area contributed by atoms with E-state index in [9.17, 15) is 0 Å². The lowest BCUT2D eigenvalue weighted by atomic mass is 9.52. The molecule has 4 aliphatic rings. The maximum absolute atomic E-state index is 6.72. The zero-order chi connectivity index (χ0) is 11.9. The quantitative estimate of drug-likeness (QED) is 0.602. The maximum atomic E-state index is 6.72. The van der Waals surface area contributed by atoms with Crippen molar-refractivity contribution in [2.45, 2.75) is 76.1 Å². The Morgan fingerprint density at radius 2 is 1.82 bits per heavy atom. The molecule has 2 saturated heterocycles. The summed E-state index contributed by atoms with van der Waals surface area (Å²) in [7, 11) is 0. The second-order valence-electron chi connectivity index (χ2n) is 7.67. The van der Waals surface area contributed by atoms with E-state index in [2.05, 4.69) is 20.8 Å². The summed E-state index contributed by atoms with van der Waals surface area (Å²) in [6.45, 7) is 8.00. The van der Waals surface area contributed by atoms with Gasteiger partial charge in [0, 0.05) is 0 Å². The molecule has 2 nitrogen and oxygen atoms in total. The van der Waals surface area contributed by atoms with E-state index in [0.29, 0.717) is 5.41 Å². The van der Waals surface area contributed by atoms with Gasteiger partial charge in [-0.05, 0) is 63.7 Å². The van der Waals surface area contributed by atoms with E-state index >= 15 is 0 Å². The molecule has 4 atom stereocenters. The van der Waals surface area contributed by atoms with Crippen LogP contribution in [-0.2, 0) is 9.47 Å². The van der Waals surface area contributed by atoms with E-state index in [1.54, 1.807) is 0 Å². The normalized spacial score (nSPS) is 59.1. The molecule has 17 heavy (non-hydrogen) atoms. The molecule has 2 saturated carbocycles. The smallest absolute Gasteiger partial charge is 0.121 e. The molecule has 0 radical (unpaired) electrons. The molecule has 0 amide bonds. The Morgan fingerprint density at radius 1 is 1.06 bits per heavy atom. The molecule has 4 rings (SSSR count). The van der Waals surface area contributed by atoms with Crippen LogP contribution in [0.15, 0.2) is 0 Å². The summed E-state index contributed by atoms with van der Waals surface area (Å²) in [6, 6.07) is 0. The van der Waals surface area contributed by atoms with Gasteiger partial charge < -0.3 is 9.47 Å². The van der Waals surface area contributed by atoms with Crippen molar-refractivity contribution >= 4 is 0 Å². The fourth-order valence-electron chi connectivity index (χ4n) is 5.27. The lowest BCUT2D eigenvalue weighted by Gasteiger charge is -2.55. The minimum atomic E-state index is 0.0463. The number of epoxide rings is 1. The Bertz CT molecular complexity index is 371. The predicted octanol–water partition coefficient (Wildman–Crippen LogP) is 3.29. The third-order valence-electron chi connectivity index (χ3n) is 6.51. The number of fused-ring (bicyclic) bond motifs is 1. The van der Waals surface area contributed by atoms with Crippen molar-refractivity contribution < 1.29 is 9.47 Å². The van der Waals surface area contributed by atoms with E-state index < -0.39 is 0 Å². The lowest BCUT2D eigenvalue weighted by molar-refractivity contribution is -0.203. The minimum absolute atomic E-state index is 0.0463. The van der Waals surface area contributed by atoms with Crippen molar-refractivity contribution in [3.63, 3.8) is 0 Å². The van der Waals surface area contributed by atoms with Crippen molar-refractivity contribution in [2.24, 2.45) is 11.3 Å². The standard InChI is InChI=1S/C15H24O2/c1-12(2)11-5-8-13(3)6-4-7-14(10-16-14)15(13,9-11)17-12/h11H,4-10H2,1-3H3/t11-,13+,14-,15-/m1/s1. The molecule has 96 valence electrons. The van der Waals surface area contributed by atoms with Gasteiger partial charge in [0.25, 0.3) is 0 Å². The molecule has 2 heterocycles. The Balaban J connectivity index is 1.85. The van der Waals surface area contributed by atoms with E-state index in [1.807, 2.05) is 0 Å². The molecule has 2 spiro atoms. The highest BCUT2D eigenvalue weighted by Gasteiger charge is 2.76. The van der Waals surface area contributed by atoms with Crippen LogP contribution < -0.4 is 0 Å². The van der Waals surface area contributed by atoms with Gasteiger partial charge in [-0.2, -0.15) is 0 Å². The molecule has 0 aromatic heterocycles. The molecule has 2 aliphatic heterocycles. The topological polar surface area (TPSA) is 21.8 Å². The monoisotopic (exact) mass is 236 g/mol. The fraction of sp³-hybridized carbons (Fsp3) is 1.00. The van der Waals surface area contributed by atoms with Gasteiger partial charge in [0.1, 0.15) is 11.2 Å². The molecule has 0 aromatic carbocycles. The summed E-state index contributed by atoms with van der Waals surface area (Å²) in [5.74, 6) is 0.745. The van der Waals surface area contributed by atoms with Crippen LogP contribution >= 0.6 is 0 Å². The van der Waals surface area contributed by atoms with Gasteiger partial charge in [0.15, 0.2) is 0 Å². The summed E-state index contributed by atoms with van der Waals surface area (Å²) < 4.78 is 12.7. The van der Waals surface area contributed by atoms with E-state index in [-0.39, 0.29) is 16.8 Å². The predicted molar refractivity (Wildman–Crippen MR) is 65.9 cm³/mol. The van der Waals surface area contributed by atoms with Crippen molar-refractivity contribution in [1.29, 1.82) is 0 Å². The molecule has 2 heteroatoms. The Morgan fingerprint density at radius 3 is 2.53 bits per heavy atom. The largest absolute Gasteiger partial charge is 0.366 e. The Labute approximate surface area is 104 Å². The average Bonchev–Trinajstić information content (AvgIpc) is 2.96. The highest BCUT2D eigenvalue weighted by molar-refractivity contribution is 5.25. The van der Waals surface area contributed by atoms with Crippen molar-refractivity contribution in [3.8, 4) is 0 Å². The zero-order valence-electron chi connectivity index (χ0n) is 11.3. The third kappa shape index (κ3) is 1.06. The minimum Gasteiger partial charge on any atom is -0.366 e. The van der Waals surface area contributed by atoms with Crippen LogP contribution in [0.2, 0.25) is 0 Å². The molecule has 0 N–H and O–H groups in total. The third-order valence-corrected chi connectivity index (χ3v) is 6.51. The summed E-state index contributed by atoms with van der Waals surface area (Å²) in [6.07, 6.45) is 7.82. The van der Waals surface area contributed by atoms with E-state index in [1.165, 1.54) is 38.5 Å². The SMILES string of the molecule is CC1(C)O[C@]23C[C@H]1CC[C@]2(C)CCC[C@@]31CO1. The lowest BCUT2D eigenvalue weighted by Crippen LogP contribution is -2.61. The summed E-state index contributed by atoms with van der Waals surface area (Å²) >= 11 is 0. The first kappa shape index (κ1) is 10.8. The van der Waals surface area contributed by atoms with Crippen molar-refractivity contribution in [1.82, 2.24) is 0 Å². The number of rotatable bonds is 0. The van der Waals surface area contributed by atoms with Crippen LogP contribution in [0.1, 0.15) is 59.3 Å². The van der Waals surface area contributed by atoms with Gasteiger partial charge in [0.2, 0.25) is 0 Å². The first-order chi connectivity index (χ1) is 7.93. The van der Waals surface area contributed by atoms with Gasteiger partial charge in [-0.15, -0.1) is 0 Å². The van der Waals surface area contributed by atoms with Crippen LogP contribution in [0.5, 0.6) is 0 Å². The highest BCUT2D eigenvalue weighted by atomic mass is 16.6. The first-order valence-electron chi connectivity index (χ1n) is 7.27. The second-order valence-corrected chi connectivity index (χ2v) is 7.67. The molecular formula is C15H24O2. The van der Waals surface area contributed by atoms with Gasteiger partial charge in [-0.1, -0.05) is 6.92 Å². The summed E-state index contributed by atoms with van der Waals surface area (Å²) in [4.78, 5) is 0. The molecule has 4 fully saturated rings. The van der Waals surface area contributed by atoms with Crippen LogP contribution in [-0.4, -0.2) is 23.4 Å². The zero-order valence-corrected chi connectivity index (χ0v) is 11.3. The first-order valence-corrected chi connectivity index (χ1v) is 7.27. The molecule has 0 aromatic rings. The van der Waals surface area contributed by atoms with Gasteiger partial charge in [-0.25, -0.2) is 0 Å². The highest BCUT2D eigenvalue weighted by Crippen LogP contribution is 2.70. The summed E-state index contributed by atoms with van der Waals surface area (Å²) in [5.41, 5.74) is 0.581. The summed E-state index contributed by atoms with van der Waals surface area (Å²) in [5, 5.41) is 0. The Hall–Kier alpha value is -0.0800. The van der Waals surface area contributed by atoms with Gasteiger partial charge in [0.05, 0.1) is 12.2 Å². The molecule has 0 unspecified atom stereocenters. The van der Waals surface area contributed by atoms with Crippen molar-refractivity contribution in [2.75, 3.05) is 6.61 Å². The van der Waals surface area contributed by atoms with Crippen LogP contribution in [0, 0.1) is 11.3 Å². The molecule has 2 bridgehead atoms. The van der Waals surface area contributed by atoms with Gasteiger partial charge in [-0.3, -0.25) is 0 Å². The number of hydrogen-bond donors (Lipinski definition) is 0. The fourth-order valence-corrected chi connectivity index (χ4v) is 5.27. The number of hydrogen-bond acceptors (Lipinski definition) is 2. The van der Waals surface area contributed by atoms with Crippen molar-refractivity contribution in [3.05, 3.63) is 0 Å². The average molecular weight is 236 g/mol. The van der Waals surface area contributed by atoms with Crippen LogP contribution in [0.3, 0.4) is 0 Å². The molecular weight excluding hydrogens is 212 g/mol. The van der Waals surface area contributed by atoms with Crippen LogP contribution in [0.25, 0.3) is 0 Å². The van der Waals surface area contributed by atoms with Crippen LogP contribution in [0.4, 0.5) is 0 Å².